The van der Waals surface area contributed by atoms with Gasteiger partial charge in [0, 0.05) is 17.7 Å². The molecule has 0 bridgehead atoms. The fourth-order valence-corrected chi connectivity index (χ4v) is 2.03. The van der Waals surface area contributed by atoms with Gasteiger partial charge in [-0.25, -0.2) is 4.98 Å². The van der Waals surface area contributed by atoms with Crippen LogP contribution in [0.25, 0.3) is 0 Å². The molecule has 6 heteroatoms. The minimum Gasteiger partial charge on any atom is -0.480 e. The number of carboxylic acid groups (broad SMARTS) is 1. The number of nitrogens with two attached hydrogens (primary N) is 1. The highest BCUT2D eigenvalue weighted by molar-refractivity contribution is 7.98. The quantitative estimate of drug-likeness (QED) is 0.768. The van der Waals surface area contributed by atoms with Crippen molar-refractivity contribution in [2.75, 3.05) is 5.75 Å². The molecule has 15 heavy (non-hydrogen) atoms. The van der Waals surface area contributed by atoms with Crippen molar-refractivity contribution in [1.29, 1.82) is 0 Å². The summed E-state index contributed by atoms with van der Waals surface area (Å²) in [4.78, 5) is 14.3. The maximum absolute atomic E-state index is 10.4. The first-order valence-electron chi connectivity index (χ1n) is 4.26. The van der Waals surface area contributed by atoms with Crippen LogP contribution in [0.2, 0.25) is 5.15 Å². The van der Waals surface area contributed by atoms with Gasteiger partial charge in [-0.15, -0.1) is 0 Å². The van der Waals surface area contributed by atoms with E-state index in [0.29, 0.717) is 16.7 Å². The molecule has 1 aromatic heterocycles. The first-order valence-corrected chi connectivity index (χ1v) is 5.79. The predicted molar refractivity (Wildman–Crippen MR) is 61.0 cm³/mol. The Kier molecular flexibility index (Phi) is 4.87. The van der Waals surface area contributed by atoms with E-state index in [-0.39, 0.29) is 0 Å². The number of thioether (sulfide) groups is 1. The number of rotatable bonds is 5. The highest BCUT2D eigenvalue weighted by Gasteiger charge is 2.10. The Morgan fingerprint density at radius 3 is 3.07 bits per heavy atom. The molecule has 0 fully saturated rings. The van der Waals surface area contributed by atoms with Gasteiger partial charge in [-0.2, -0.15) is 11.8 Å². The minimum atomic E-state index is -0.977. The molecule has 1 heterocycles. The number of carboxylic acids is 1. The zero-order chi connectivity index (χ0) is 11.3. The number of hydrogen-bond acceptors (Lipinski definition) is 4. The van der Waals surface area contributed by atoms with Crippen molar-refractivity contribution in [1.82, 2.24) is 4.98 Å². The molecule has 0 aliphatic heterocycles. The molecule has 0 aliphatic carbocycles. The van der Waals surface area contributed by atoms with Gasteiger partial charge in [0.15, 0.2) is 0 Å². The molecule has 1 atom stereocenters. The van der Waals surface area contributed by atoms with Crippen LogP contribution in [0.15, 0.2) is 18.3 Å². The number of carbonyl (C=O) groups is 1. The van der Waals surface area contributed by atoms with Crippen molar-refractivity contribution in [3.63, 3.8) is 0 Å². The SMILES string of the molecule is N[C@H](CSCc1ccnc(Cl)c1)C(=O)O. The van der Waals surface area contributed by atoms with Crippen molar-refractivity contribution in [2.45, 2.75) is 11.8 Å². The topological polar surface area (TPSA) is 76.2 Å². The van der Waals surface area contributed by atoms with Gasteiger partial charge in [0.2, 0.25) is 0 Å². The highest BCUT2D eigenvalue weighted by atomic mass is 35.5. The first-order chi connectivity index (χ1) is 7.09. The van der Waals surface area contributed by atoms with Gasteiger partial charge in [-0.3, -0.25) is 4.79 Å². The third-order valence-electron chi connectivity index (χ3n) is 1.67. The average molecular weight is 247 g/mol. The summed E-state index contributed by atoms with van der Waals surface area (Å²) in [5, 5.41) is 8.99. The Bertz CT molecular complexity index is 349. The van der Waals surface area contributed by atoms with Crippen LogP contribution in [0, 0.1) is 0 Å². The largest absolute Gasteiger partial charge is 0.480 e. The molecular formula is C9H11ClN2O2S. The molecule has 0 aliphatic rings. The fraction of sp³-hybridized carbons (Fsp3) is 0.333. The van der Waals surface area contributed by atoms with Crippen molar-refractivity contribution < 1.29 is 9.90 Å². The average Bonchev–Trinajstić information content (AvgIpc) is 2.17. The normalized spacial score (nSPS) is 12.4. The van der Waals surface area contributed by atoms with Gasteiger partial charge in [-0.1, -0.05) is 11.6 Å². The van der Waals surface area contributed by atoms with Gasteiger partial charge >= 0.3 is 5.97 Å². The maximum Gasteiger partial charge on any atom is 0.321 e. The molecular weight excluding hydrogens is 236 g/mol. The lowest BCUT2D eigenvalue weighted by Gasteiger charge is -2.05. The number of hydrogen-bond donors (Lipinski definition) is 2. The highest BCUT2D eigenvalue weighted by Crippen LogP contribution is 2.15. The van der Waals surface area contributed by atoms with E-state index < -0.39 is 12.0 Å². The van der Waals surface area contributed by atoms with Gasteiger partial charge in [0.05, 0.1) is 0 Å². The van der Waals surface area contributed by atoms with Gasteiger partial charge < -0.3 is 10.8 Å². The molecule has 0 radical (unpaired) electrons. The van der Waals surface area contributed by atoms with E-state index in [1.54, 1.807) is 12.3 Å². The van der Waals surface area contributed by atoms with Crippen LogP contribution >= 0.6 is 23.4 Å². The van der Waals surface area contributed by atoms with E-state index >= 15 is 0 Å². The first kappa shape index (κ1) is 12.3. The number of halogens is 1. The van der Waals surface area contributed by atoms with Crippen LogP contribution in [-0.2, 0) is 10.5 Å². The summed E-state index contributed by atoms with van der Waals surface area (Å²) in [5.41, 5.74) is 6.36. The van der Waals surface area contributed by atoms with Crippen molar-refractivity contribution in [2.24, 2.45) is 5.73 Å². The fourth-order valence-electron chi connectivity index (χ4n) is 0.907. The van der Waals surface area contributed by atoms with E-state index in [0.717, 1.165) is 5.56 Å². The lowest BCUT2D eigenvalue weighted by atomic mass is 10.3. The Hall–Kier alpha value is -0.780. The smallest absolute Gasteiger partial charge is 0.321 e. The maximum atomic E-state index is 10.4. The third kappa shape index (κ3) is 4.51. The molecule has 0 amide bonds. The molecule has 0 saturated carbocycles. The number of aromatic nitrogens is 1. The monoisotopic (exact) mass is 246 g/mol. The second kappa shape index (κ2) is 5.95. The summed E-state index contributed by atoms with van der Waals surface area (Å²) < 4.78 is 0. The second-order valence-electron chi connectivity index (χ2n) is 2.95. The zero-order valence-electron chi connectivity index (χ0n) is 7.89. The Morgan fingerprint density at radius 2 is 2.47 bits per heavy atom. The Morgan fingerprint density at radius 1 is 1.73 bits per heavy atom. The van der Waals surface area contributed by atoms with Crippen LogP contribution in [0.5, 0.6) is 0 Å². The van der Waals surface area contributed by atoms with Crippen LogP contribution in [0.1, 0.15) is 5.56 Å². The van der Waals surface area contributed by atoms with Crippen LogP contribution in [-0.4, -0.2) is 27.9 Å². The number of aliphatic carboxylic acids is 1. The van der Waals surface area contributed by atoms with Crippen LogP contribution in [0.3, 0.4) is 0 Å². The summed E-state index contributed by atoms with van der Waals surface area (Å²) >= 11 is 7.16. The molecule has 0 saturated heterocycles. The molecule has 1 aromatic rings. The lowest BCUT2D eigenvalue weighted by Crippen LogP contribution is -2.32. The minimum absolute atomic E-state index is 0.384. The van der Waals surface area contributed by atoms with E-state index in [1.807, 2.05) is 6.07 Å². The molecule has 0 spiro atoms. The van der Waals surface area contributed by atoms with E-state index in [4.69, 9.17) is 22.4 Å². The van der Waals surface area contributed by atoms with Gasteiger partial charge in [-0.05, 0) is 17.7 Å². The molecule has 0 unspecified atom stereocenters. The van der Waals surface area contributed by atoms with Crippen molar-refractivity contribution >= 4 is 29.3 Å². The zero-order valence-corrected chi connectivity index (χ0v) is 9.46. The molecule has 3 N–H and O–H groups in total. The Labute approximate surface area is 96.8 Å². The number of nitrogens with zero attached hydrogens (tertiary/aromatic N) is 1. The predicted octanol–water partition coefficient (Wildman–Crippen LogP) is 1.38. The van der Waals surface area contributed by atoms with Crippen molar-refractivity contribution in [3.8, 4) is 0 Å². The number of pyridine rings is 1. The van der Waals surface area contributed by atoms with Crippen LogP contribution in [0.4, 0.5) is 0 Å². The lowest BCUT2D eigenvalue weighted by molar-refractivity contribution is -0.137. The Balaban J connectivity index is 2.35. The standard InChI is InChI=1S/C9H11ClN2O2S/c10-8-3-6(1-2-12-8)4-15-5-7(11)9(13)14/h1-3,7H,4-5,11H2,(H,13,14)/t7-/m1/s1. The van der Waals surface area contributed by atoms with Gasteiger partial charge in [0.25, 0.3) is 0 Å². The molecule has 82 valence electrons. The summed E-state index contributed by atoms with van der Waals surface area (Å²) in [6, 6.07) is 2.78. The van der Waals surface area contributed by atoms with Gasteiger partial charge in [0.1, 0.15) is 11.2 Å². The second-order valence-corrected chi connectivity index (χ2v) is 4.36. The van der Waals surface area contributed by atoms with E-state index in [2.05, 4.69) is 4.98 Å². The molecule has 4 nitrogen and oxygen atoms in total. The summed E-state index contributed by atoms with van der Waals surface area (Å²) in [7, 11) is 0. The third-order valence-corrected chi connectivity index (χ3v) is 3.01. The van der Waals surface area contributed by atoms with E-state index in [9.17, 15) is 4.79 Å². The van der Waals surface area contributed by atoms with Crippen molar-refractivity contribution in [3.05, 3.63) is 29.0 Å². The van der Waals surface area contributed by atoms with Crippen LogP contribution < -0.4 is 5.73 Å². The summed E-state index contributed by atoms with van der Waals surface area (Å²) in [6.45, 7) is 0. The summed E-state index contributed by atoms with van der Waals surface area (Å²) in [5.74, 6) is 0.0913. The van der Waals surface area contributed by atoms with E-state index in [1.165, 1.54) is 11.8 Å². The molecule has 0 aromatic carbocycles. The molecule has 1 rings (SSSR count). The summed E-state index contributed by atoms with van der Waals surface area (Å²) in [6.07, 6.45) is 1.62.